The predicted molar refractivity (Wildman–Crippen MR) is 45.6 cm³/mol. The van der Waals surface area contributed by atoms with Crippen molar-refractivity contribution in [1.82, 2.24) is 4.98 Å². The topological polar surface area (TPSA) is 99.1 Å². The van der Waals surface area contributed by atoms with Gasteiger partial charge in [0.15, 0.2) is 12.0 Å². The lowest BCUT2D eigenvalue weighted by molar-refractivity contribution is -0.385. The van der Waals surface area contributed by atoms with Gasteiger partial charge in [0.25, 0.3) is 12.1 Å². The maximum absolute atomic E-state index is 12.2. The summed E-state index contributed by atoms with van der Waals surface area (Å²) in [5, 5.41) is 10.4. The molecule has 0 bridgehead atoms. The molecule has 1 heterocycles. The third-order valence-electron chi connectivity index (χ3n) is 1.61. The average molecular weight is 217 g/mol. The van der Waals surface area contributed by atoms with E-state index in [2.05, 4.69) is 4.98 Å². The average Bonchev–Trinajstić information content (AvgIpc) is 2.16. The Hall–Kier alpha value is -2.12. The summed E-state index contributed by atoms with van der Waals surface area (Å²) in [6, 6.07) is 0.693. The predicted octanol–water partition coefficient (Wildman–Crippen LogP) is 1.32. The van der Waals surface area contributed by atoms with Gasteiger partial charge in [-0.2, -0.15) is 0 Å². The zero-order chi connectivity index (χ0) is 11.6. The molecule has 1 aromatic rings. The number of hydrogen-bond donors (Lipinski definition) is 1. The summed E-state index contributed by atoms with van der Waals surface area (Å²) in [6.07, 6.45) is -2.95. The molecule has 0 atom stereocenters. The van der Waals surface area contributed by atoms with Gasteiger partial charge in [-0.15, -0.1) is 0 Å². The van der Waals surface area contributed by atoms with E-state index in [1.165, 1.54) is 0 Å². The number of nitrogens with zero attached hydrogens (tertiary/aromatic N) is 2. The molecular formula is C7H5F2N3O3. The molecule has 1 aromatic heterocycles. The molecule has 1 rings (SSSR count). The summed E-state index contributed by atoms with van der Waals surface area (Å²) in [7, 11) is 0. The summed E-state index contributed by atoms with van der Waals surface area (Å²) in [4.78, 5) is 23.0. The fraction of sp³-hybridized carbons (Fsp3) is 0.143. The zero-order valence-corrected chi connectivity index (χ0v) is 7.18. The van der Waals surface area contributed by atoms with Crippen molar-refractivity contribution in [2.75, 3.05) is 5.73 Å². The number of pyridine rings is 1. The quantitative estimate of drug-likeness (QED) is 0.467. The number of alkyl halides is 2. The van der Waals surface area contributed by atoms with Gasteiger partial charge in [0, 0.05) is 6.07 Å². The highest BCUT2D eigenvalue weighted by atomic mass is 19.3. The Labute approximate surface area is 81.9 Å². The molecule has 2 N–H and O–H groups in total. The number of nitrogens with two attached hydrogens (primary N) is 1. The molecule has 0 fully saturated rings. The zero-order valence-electron chi connectivity index (χ0n) is 7.18. The van der Waals surface area contributed by atoms with E-state index in [4.69, 9.17) is 5.73 Å². The molecule has 0 radical (unpaired) electrons. The number of hydrogen-bond acceptors (Lipinski definition) is 5. The molecular weight excluding hydrogens is 212 g/mol. The number of aromatic nitrogens is 1. The minimum Gasteiger partial charge on any atom is -0.397 e. The summed E-state index contributed by atoms with van der Waals surface area (Å²) in [5.41, 5.74) is 2.43. The van der Waals surface area contributed by atoms with Crippen LogP contribution in [0.4, 0.5) is 20.2 Å². The van der Waals surface area contributed by atoms with Crippen LogP contribution in [0.5, 0.6) is 0 Å². The summed E-state index contributed by atoms with van der Waals surface area (Å²) < 4.78 is 24.5. The fourth-order valence-electron chi connectivity index (χ4n) is 0.955. The van der Waals surface area contributed by atoms with E-state index in [-0.39, 0.29) is 6.29 Å². The van der Waals surface area contributed by atoms with Crippen LogP contribution in [0, 0.1) is 10.1 Å². The standard InChI is InChI=1S/C7H5F2N3O3/c8-7(9)6-3(10)1-5(12(14)15)4(2-13)11-6/h1-2,7H,10H2. The van der Waals surface area contributed by atoms with Crippen molar-refractivity contribution in [2.24, 2.45) is 0 Å². The monoisotopic (exact) mass is 217 g/mol. The van der Waals surface area contributed by atoms with E-state index in [0.29, 0.717) is 6.07 Å². The van der Waals surface area contributed by atoms with Crippen molar-refractivity contribution in [3.8, 4) is 0 Å². The SMILES string of the molecule is Nc1cc([N+](=O)[O-])c(C=O)nc1C(F)F. The normalized spacial score (nSPS) is 10.3. The molecule has 0 saturated heterocycles. The van der Waals surface area contributed by atoms with Crippen molar-refractivity contribution in [3.05, 3.63) is 27.6 Å². The van der Waals surface area contributed by atoms with Crippen LogP contribution in [-0.2, 0) is 0 Å². The van der Waals surface area contributed by atoms with Crippen LogP contribution in [0.15, 0.2) is 6.07 Å². The fourth-order valence-corrected chi connectivity index (χ4v) is 0.955. The maximum Gasteiger partial charge on any atom is 0.300 e. The van der Waals surface area contributed by atoms with Crippen LogP contribution in [0.2, 0.25) is 0 Å². The largest absolute Gasteiger partial charge is 0.397 e. The van der Waals surface area contributed by atoms with Gasteiger partial charge >= 0.3 is 0 Å². The van der Waals surface area contributed by atoms with Crippen molar-refractivity contribution < 1.29 is 18.5 Å². The Bertz CT molecular complexity index is 422. The summed E-state index contributed by atoms with van der Waals surface area (Å²) in [6.45, 7) is 0. The number of nitro groups is 1. The van der Waals surface area contributed by atoms with E-state index in [9.17, 15) is 23.7 Å². The van der Waals surface area contributed by atoms with Gasteiger partial charge in [-0.05, 0) is 0 Å². The van der Waals surface area contributed by atoms with Crippen molar-refractivity contribution in [2.45, 2.75) is 6.43 Å². The first-order valence-electron chi connectivity index (χ1n) is 3.65. The van der Waals surface area contributed by atoms with Gasteiger partial charge in [-0.1, -0.05) is 0 Å². The Morgan fingerprint density at radius 1 is 1.60 bits per heavy atom. The lowest BCUT2D eigenvalue weighted by Crippen LogP contribution is -2.05. The van der Waals surface area contributed by atoms with Crippen LogP contribution >= 0.6 is 0 Å². The third kappa shape index (κ3) is 2.03. The molecule has 80 valence electrons. The Morgan fingerprint density at radius 3 is 2.60 bits per heavy atom. The number of carbonyl (C=O) groups is 1. The van der Waals surface area contributed by atoms with Crippen LogP contribution in [0.1, 0.15) is 22.6 Å². The smallest absolute Gasteiger partial charge is 0.300 e. The number of aldehydes is 1. The minimum atomic E-state index is -2.98. The molecule has 0 aromatic carbocycles. The highest BCUT2D eigenvalue weighted by molar-refractivity contribution is 5.80. The van der Waals surface area contributed by atoms with Gasteiger partial charge in [0.05, 0.1) is 10.6 Å². The molecule has 6 nitrogen and oxygen atoms in total. The van der Waals surface area contributed by atoms with Crippen LogP contribution in [0.25, 0.3) is 0 Å². The lowest BCUT2D eigenvalue weighted by Gasteiger charge is -2.04. The molecule has 0 aliphatic heterocycles. The Balaban J connectivity index is 3.42. The molecule has 0 aliphatic rings. The van der Waals surface area contributed by atoms with Crippen molar-refractivity contribution in [3.63, 3.8) is 0 Å². The van der Waals surface area contributed by atoms with Crippen LogP contribution in [-0.4, -0.2) is 16.2 Å². The molecule has 0 amide bonds. The first kappa shape index (κ1) is 11.0. The van der Waals surface area contributed by atoms with Crippen LogP contribution in [0.3, 0.4) is 0 Å². The van der Waals surface area contributed by atoms with Gasteiger partial charge in [-0.25, -0.2) is 13.8 Å². The molecule has 8 heteroatoms. The highest BCUT2D eigenvalue weighted by Gasteiger charge is 2.22. The number of halogens is 2. The van der Waals surface area contributed by atoms with Gasteiger partial charge in [0.2, 0.25) is 0 Å². The lowest BCUT2D eigenvalue weighted by atomic mass is 10.2. The maximum atomic E-state index is 12.2. The van der Waals surface area contributed by atoms with E-state index in [1.54, 1.807) is 0 Å². The third-order valence-corrected chi connectivity index (χ3v) is 1.61. The second-order valence-electron chi connectivity index (χ2n) is 2.54. The van der Waals surface area contributed by atoms with E-state index in [0.717, 1.165) is 0 Å². The van der Waals surface area contributed by atoms with Crippen molar-refractivity contribution in [1.29, 1.82) is 0 Å². The van der Waals surface area contributed by atoms with Gasteiger partial charge in [-0.3, -0.25) is 14.9 Å². The number of nitrogen functional groups attached to an aromatic ring is 1. The van der Waals surface area contributed by atoms with Gasteiger partial charge < -0.3 is 5.73 Å². The van der Waals surface area contributed by atoms with Crippen molar-refractivity contribution >= 4 is 17.7 Å². The highest BCUT2D eigenvalue weighted by Crippen LogP contribution is 2.27. The molecule has 15 heavy (non-hydrogen) atoms. The second-order valence-corrected chi connectivity index (χ2v) is 2.54. The summed E-state index contributed by atoms with van der Waals surface area (Å²) >= 11 is 0. The molecule has 0 aliphatic carbocycles. The molecule has 0 spiro atoms. The Kier molecular flexibility index (Phi) is 2.88. The first-order valence-corrected chi connectivity index (χ1v) is 3.65. The number of rotatable bonds is 3. The minimum absolute atomic E-state index is 0.0312. The summed E-state index contributed by atoms with van der Waals surface area (Å²) in [5.74, 6) is 0. The molecule has 0 saturated carbocycles. The first-order chi connectivity index (χ1) is 6.97. The van der Waals surface area contributed by atoms with Gasteiger partial charge in [0.1, 0.15) is 5.69 Å². The van der Waals surface area contributed by atoms with E-state index in [1.807, 2.05) is 0 Å². The Morgan fingerprint density at radius 2 is 2.20 bits per heavy atom. The number of carbonyl (C=O) groups excluding carboxylic acids is 1. The van der Waals surface area contributed by atoms with E-state index < -0.39 is 34.1 Å². The van der Waals surface area contributed by atoms with Crippen LogP contribution < -0.4 is 5.73 Å². The second kappa shape index (κ2) is 3.95. The number of anilines is 1. The van der Waals surface area contributed by atoms with E-state index >= 15 is 0 Å². The molecule has 0 unspecified atom stereocenters.